The molecular weight excluding hydrogens is 194 g/mol. The lowest BCUT2D eigenvalue weighted by Gasteiger charge is -2.28. The Morgan fingerprint density at radius 1 is 1.36 bits per heavy atom. The molecule has 1 saturated heterocycles. The number of aromatic nitrogens is 1. The average molecular weight is 209 g/mol. The minimum atomic E-state index is 0.759. The van der Waals surface area contributed by atoms with E-state index in [1.54, 1.807) is 0 Å². The largest absolute Gasteiger partial charge is 0.354 e. The Bertz CT molecular complexity index is 280. The predicted molar refractivity (Wildman–Crippen MR) is 62.0 cm³/mol. The van der Waals surface area contributed by atoms with Crippen molar-refractivity contribution < 1.29 is 0 Å². The molecule has 0 radical (unpaired) electrons. The summed E-state index contributed by atoms with van der Waals surface area (Å²) in [7, 11) is 0. The second kappa shape index (κ2) is 4.66. The van der Waals surface area contributed by atoms with Crippen molar-refractivity contribution in [2.75, 3.05) is 31.1 Å². The molecule has 14 heavy (non-hydrogen) atoms. The topological polar surface area (TPSA) is 28.2 Å². The summed E-state index contributed by atoms with van der Waals surface area (Å²) in [6, 6.07) is 4.17. The van der Waals surface area contributed by atoms with Crippen LogP contribution in [0.2, 0.25) is 0 Å². The Morgan fingerprint density at radius 2 is 2.14 bits per heavy atom. The maximum atomic E-state index is 4.42. The lowest BCUT2D eigenvalue weighted by Crippen LogP contribution is -2.43. The lowest BCUT2D eigenvalue weighted by molar-refractivity contribution is 0.585. The number of piperazine rings is 1. The van der Waals surface area contributed by atoms with E-state index in [2.05, 4.69) is 40.0 Å². The third-order valence-corrected chi connectivity index (χ3v) is 2.80. The molecule has 76 valence electrons. The molecule has 1 aromatic rings. The van der Waals surface area contributed by atoms with Crippen molar-refractivity contribution in [3.8, 4) is 0 Å². The van der Waals surface area contributed by atoms with E-state index >= 15 is 0 Å². The summed E-state index contributed by atoms with van der Waals surface area (Å²) in [5, 5.41) is 3.33. The Morgan fingerprint density at radius 3 is 2.71 bits per heavy atom. The van der Waals surface area contributed by atoms with Gasteiger partial charge in [-0.25, -0.2) is 4.98 Å². The van der Waals surface area contributed by atoms with E-state index in [4.69, 9.17) is 0 Å². The van der Waals surface area contributed by atoms with Crippen LogP contribution in [0.5, 0.6) is 0 Å². The van der Waals surface area contributed by atoms with E-state index in [-0.39, 0.29) is 0 Å². The van der Waals surface area contributed by atoms with Crippen LogP contribution in [0.25, 0.3) is 0 Å². The fourth-order valence-electron chi connectivity index (χ4n) is 1.59. The first-order valence-corrected chi connectivity index (χ1v) is 5.55. The first-order valence-electron chi connectivity index (χ1n) is 4.91. The molecule has 0 aliphatic carbocycles. The molecule has 1 aliphatic heterocycles. The summed E-state index contributed by atoms with van der Waals surface area (Å²) in [5.74, 6) is 1.84. The van der Waals surface area contributed by atoms with Crippen LogP contribution in [0, 0.1) is 0 Å². The summed E-state index contributed by atoms with van der Waals surface area (Å²) in [6.07, 6.45) is 1.91. The fourth-order valence-corrected chi connectivity index (χ4v) is 1.78. The van der Waals surface area contributed by atoms with Gasteiger partial charge in [0.25, 0.3) is 0 Å². The standard InChI is InChI=1S/C10H15N3S/c14-8-9-1-2-10(12-7-9)13-5-3-11-4-6-13/h1-2,7,11,14H,3-6,8H2. The molecule has 0 saturated carbocycles. The van der Waals surface area contributed by atoms with E-state index in [0.29, 0.717) is 0 Å². The Balaban J connectivity index is 2.07. The van der Waals surface area contributed by atoms with E-state index in [1.165, 1.54) is 5.56 Å². The van der Waals surface area contributed by atoms with Gasteiger partial charge in [0.15, 0.2) is 0 Å². The van der Waals surface area contributed by atoms with E-state index in [9.17, 15) is 0 Å². The number of anilines is 1. The summed E-state index contributed by atoms with van der Waals surface area (Å²) >= 11 is 4.21. The summed E-state index contributed by atoms with van der Waals surface area (Å²) in [4.78, 5) is 6.73. The zero-order valence-electron chi connectivity index (χ0n) is 8.11. The third kappa shape index (κ3) is 2.19. The Hall–Kier alpha value is -0.740. The molecule has 0 spiro atoms. The minimum Gasteiger partial charge on any atom is -0.354 e. The Kier molecular flexibility index (Phi) is 3.26. The van der Waals surface area contributed by atoms with Crippen LogP contribution in [-0.4, -0.2) is 31.2 Å². The zero-order valence-corrected chi connectivity index (χ0v) is 9.00. The maximum absolute atomic E-state index is 4.42. The smallest absolute Gasteiger partial charge is 0.128 e. The van der Waals surface area contributed by atoms with Crippen molar-refractivity contribution in [3.63, 3.8) is 0 Å². The highest BCUT2D eigenvalue weighted by Crippen LogP contribution is 2.12. The van der Waals surface area contributed by atoms with Gasteiger partial charge < -0.3 is 10.2 Å². The number of hydrogen-bond donors (Lipinski definition) is 2. The molecule has 1 fully saturated rings. The van der Waals surface area contributed by atoms with E-state index < -0.39 is 0 Å². The van der Waals surface area contributed by atoms with Gasteiger partial charge in [-0.1, -0.05) is 6.07 Å². The van der Waals surface area contributed by atoms with Crippen LogP contribution in [-0.2, 0) is 5.75 Å². The molecule has 2 heterocycles. The van der Waals surface area contributed by atoms with Gasteiger partial charge in [-0.05, 0) is 11.6 Å². The van der Waals surface area contributed by atoms with Gasteiger partial charge >= 0.3 is 0 Å². The van der Waals surface area contributed by atoms with Gasteiger partial charge in [0.1, 0.15) is 5.82 Å². The van der Waals surface area contributed by atoms with Gasteiger partial charge in [-0.15, -0.1) is 0 Å². The molecule has 1 aromatic heterocycles. The minimum absolute atomic E-state index is 0.759. The van der Waals surface area contributed by atoms with Crippen LogP contribution in [0.3, 0.4) is 0 Å². The lowest BCUT2D eigenvalue weighted by atomic mass is 10.3. The van der Waals surface area contributed by atoms with Crippen molar-refractivity contribution >= 4 is 18.4 Å². The van der Waals surface area contributed by atoms with Gasteiger partial charge in [0.05, 0.1) is 0 Å². The van der Waals surface area contributed by atoms with E-state index in [0.717, 1.165) is 37.7 Å². The number of nitrogens with zero attached hydrogens (tertiary/aromatic N) is 2. The van der Waals surface area contributed by atoms with Gasteiger partial charge in [0, 0.05) is 38.1 Å². The van der Waals surface area contributed by atoms with Crippen LogP contribution < -0.4 is 10.2 Å². The van der Waals surface area contributed by atoms with Crippen molar-refractivity contribution in [1.82, 2.24) is 10.3 Å². The molecule has 0 atom stereocenters. The van der Waals surface area contributed by atoms with Crippen LogP contribution >= 0.6 is 12.6 Å². The van der Waals surface area contributed by atoms with E-state index in [1.807, 2.05) is 6.20 Å². The van der Waals surface area contributed by atoms with Gasteiger partial charge in [-0.2, -0.15) is 12.6 Å². The van der Waals surface area contributed by atoms with Crippen LogP contribution in [0.1, 0.15) is 5.56 Å². The van der Waals surface area contributed by atoms with Crippen LogP contribution in [0.4, 0.5) is 5.82 Å². The molecule has 4 heteroatoms. The van der Waals surface area contributed by atoms with Crippen molar-refractivity contribution in [3.05, 3.63) is 23.9 Å². The number of pyridine rings is 1. The first-order chi connectivity index (χ1) is 6.90. The molecule has 0 amide bonds. The monoisotopic (exact) mass is 209 g/mol. The normalized spacial score (nSPS) is 17.1. The summed E-state index contributed by atoms with van der Waals surface area (Å²) in [5.41, 5.74) is 1.17. The number of hydrogen-bond acceptors (Lipinski definition) is 4. The van der Waals surface area contributed by atoms with Crippen molar-refractivity contribution in [2.24, 2.45) is 0 Å². The average Bonchev–Trinajstić information content (AvgIpc) is 2.30. The highest BCUT2D eigenvalue weighted by molar-refractivity contribution is 7.79. The second-order valence-electron chi connectivity index (χ2n) is 3.42. The maximum Gasteiger partial charge on any atom is 0.128 e. The third-order valence-electron chi connectivity index (χ3n) is 2.43. The highest BCUT2D eigenvalue weighted by atomic mass is 32.1. The Labute approximate surface area is 89.9 Å². The number of thiol groups is 1. The zero-order chi connectivity index (χ0) is 9.80. The molecule has 0 bridgehead atoms. The number of nitrogens with one attached hydrogen (secondary N) is 1. The molecule has 1 aliphatic rings. The van der Waals surface area contributed by atoms with Gasteiger partial charge in [-0.3, -0.25) is 0 Å². The van der Waals surface area contributed by atoms with Crippen molar-refractivity contribution in [2.45, 2.75) is 5.75 Å². The fraction of sp³-hybridized carbons (Fsp3) is 0.500. The molecule has 2 rings (SSSR count). The molecule has 3 nitrogen and oxygen atoms in total. The quantitative estimate of drug-likeness (QED) is 0.710. The predicted octanol–water partition coefficient (Wildman–Crippen LogP) is 0.921. The SMILES string of the molecule is SCc1ccc(N2CCNCC2)nc1. The second-order valence-corrected chi connectivity index (χ2v) is 3.74. The summed E-state index contributed by atoms with van der Waals surface area (Å²) < 4.78 is 0. The molecule has 1 N–H and O–H groups in total. The van der Waals surface area contributed by atoms with Crippen LogP contribution in [0.15, 0.2) is 18.3 Å². The highest BCUT2D eigenvalue weighted by Gasteiger charge is 2.10. The van der Waals surface area contributed by atoms with Crippen molar-refractivity contribution in [1.29, 1.82) is 0 Å². The summed E-state index contributed by atoms with van der Waals surface area (Å²) in [6.45, 7) is 4.20. The van der Waals surface area contributed by atoms with Gasteiger partial charge in [0.2, 0.25) is 0 Å². The first kappa shape index (κ1) is 9.80. The number of rotatable bonds is 2. The molecule has 0 aromatic carbocycles. The molecular formula is C10H15N3S. The molecule has 0 unspecified atom stereocenters.